The van der Waals surface area contributed by atoms with E-state index >= 15 is 0 Å². The number of rotatable bonds is 6. The monoisotopic (exact) mass is 372 g/mol. The fourth-order valence-electron chi connectivity index (χ4n) is 2.06. The van der Waals surface area contributed by atoms with Crippen molar-refractivity contribution in [1.29, 1.82) is 0 Å². The summed E-state index contributed by atoms with van der Waals surface area (Å²) in [5, 5.41) is 2.17. The molecule has 3 rings (SSSR count). The van der Waals surface area contributed by atoms with E-state index in [2.05, 4.69) is 24.1 Å². The molecule has 0 amide bonds. The zero-order valence-corrected chi connectivity index (χ0v) is 15.3. The second-order valence-electron chi connectivity index (χ2n) is 4.97. The Balaban J connectivity index is 1.55. The van der Waals surface area contributed by atoms with E-state index in [1.165, 1.54) is 28.3 Å². The second kappa shape index (κ2) is 8.51. The molecule has 0 bridgehead atoms. The lowest BCUT2D eigenvalue weighted by Crippen LogP contribution is -1.90. The van der Waals surface area contributed by atoms with E-state index in [0.717, 1.165) is 11.5 Å². The van der Waals surface area contributed by atoms with Crippen LogP contribution in [0, 0.1) is 0 Å². The number of para-hydroxylation sites is 1. The van der Waals surface area contributed by atoms with Gasteiger partial charge in [0.1, 0.15) is 11.5 Å². The Hall–Kier alpha value is -1.56. The molecule has 122 valence electrons. The summed E-state index contributed by atoms with van der Waals surface area (Å²) in [6.07, 6.45) is 1.36. The Morgan fingerprint density at radius 3 is 2.54 bits per heavy atom. The molecule has 1 unspecified atom stereocenters. The van der Waals surface area contributed by atoms with Crippen molar-refractivity contribution in [2.45, 2.75) is 4.58 Å². The lowest BCUT2D eigenvalue weighted by atomic mass is 10.2. The van der Waals surface area contributed by atoms with Gasteiger partial charge in [0.05, 0.1) is 4.58 Å². The highest BCUT2D eigenvalue weighted by atomic mass is 32.2. The number of carbonyl (C=O) groups excluding carboxylic acids is 1. The summed E-state index contributed by atoms with van der Waals surface area (Å²) in [5.74, 6) is 2.38. The van der Waals surface area contributed by atoms with E-state index in [1.54, 1.807) is 23.5 Å². The maximum atomic E-state index is 11.3. The number of carbonyl (C=O) groups is 1. The number of hydrogen-bond donors (Lipinski definition) is 0. The highest BCUT2D eigenvalue weighted by Crippen LogP contribution is 2.51. The van der Waals surface area contributed by atoms with Gasteiger partial charge in [-0.15, -0.1) is 23.5 Å². The van der Waals surface area contributed by atoms with Crippen LogP contribution in [-0.2, 0) is 4.79 Å². The minimum Gasteiger partial charge on any atom is -0.457 e. The molecule has 1 heterocycles. The van der Waals surface area contributed by atoms with Gasteiger partial charge in [-0.2, -0.15) is 0 Å². The average molecular weight is 373 g/mol. The van der Waals surface area contributed by atoms with Crippen LogP contribution in [0.4, 0.5) is 0 Å². The van der Waals surface area contributed by atoms with Crippen molar-refractivity contribution in [2.75, 3.05) is 5.75 Å². The molecule has 24 heavy (non-hydrogen) atoms. The third-order valence-corrected chi connectivity index (χ3v) is 7.09. The van der Waals surface area contributed by atoms with E-state index in [0.29, 0.717) is 10.3 Å². The predicted octanol–water partition coefficient (Wildman–Crippen LogP) is 6.24. The molecule has 2 aromatic carbocycles. The molecule has 0 saturated heterocycles. The number of thioether (sulfide) groups is 3. The quantitative estimate of drug-likeness (QED) is 0.559. The highest BCUT2D eigenvalue weighted by Gasteiger charge is 2.21. The first-order valence-electron chi connectivity index (χ1n) is 7.38. The Morgan fingerprint density at radius 1 is 1.12 bits per heavy atom. The minimum atomic E-state index is 0.0207. The molecule has 0 saturated carbocycles. The summed E-state index contributed by atoms with van der Waals surface area (Å²) < 4.78 is 6.16. The summed E-state index contributed by atoms with van der Waals surface area (Å²) in [6.45, 7) is 3.49. The van der Waals surface area contributed by atoms with Gasteiger partial charge in [0.15, 0.2) is 0 Å². The van der Waals surface area contributed by atoms with Crippen LogP contribution in [0.15, 0.2) is 77.6 Å². The van der Waals surface area contributed by atoms with Gasteiger partial charge in [-0.05, 0) is 41.3 Å². The molecule has 0 radical (unpaired) electrons. The van der Waals surface area contributed by atoms with Gasteiger partial charge in [0.2, 0.25) is 5.12 Å². The molecule has 0 spiro atoms. The van der Waals surface area contributed by atoms with Gasteiger partial charge in [0, 0.05) is 10.7 Å². The zero-order chi connectivity index (χ0) is 16.8. The van der Waals surface area contributed by atoms with E-state index in [9.17, 15) is 4.79 Å². The first-order valence-corrected chi connectivity index (χ1v) is 10.2. The van der Waals surface area contributed by atoms with Crippen molar-refractivity contribution in [3.05, 3.63) is 83.1 Å². The Kier molecular flexibility index (Phi) is 6.12. The molecule has 0 N–H and O–H groups in total. The highest BCUT2D eigenvalue weighted by molar-refractivity contribution is 8.23. The molecule has 2 aromatic rings. The molecule has 0 fully saturated rings. The van der Waals surface area contributed by atoms with Crippen LogP contribution < -0.4 is 4.74 Å². The fourth-order valence-corrected chi connectivity index (χ4v) is 5.49. The predicted molar refractivity (Wildman–Crippen MR) is 107 cm³/mol. The fraction of sp³-hybridized carbons (Fsp3) is 0.105. The third kappa shape index (κ3) is 4.72. The normalized spacial score (nSPS) is 16.5. The number of benzene rings is 2. The van der Waals surface area contributed by atoms with Crippen LogP contribution in [0.3, 0.4) is 0 Å². The van der Waals surface area contributed by atoms with E-state index in [-0.39, 0.29) is 5.12 Å². The number of hydrogen-bond acceptors (Lipinski definition) is 5. The van der Waals surface area contributed by atoms with Gasteiger partial charge in [-0.25, -0.2) is 0 Å². The smallest absolute Gasteiger partial charge is 0.211 e. The molecule has 5 heteroatoms. The summed E-state index contributed by atoms with van der Waals surface area (Å²) in [5.41, 5.74) is 1.25. The van der Waals surface area contributed by atoms with Gasteiger partial charge >= 0.3 is 0 Å². The van der Waals surface area contributed by atoms with E-state index in [4.69, 9.17) is 4.74 Å². The topological polar surface area (TPSA) is 26.3 Å². The summed E-state index contributed by atoms with van der Waals surface area (Å²) >= 11 is 4.88. The maximum absolute atomic E-state index is 11.3. The number of ether oxygens (including phenoxy) is 1. The summed E-state index contributed by atoms with van der Waals surface area (Å²) in [4.78, 5) is 12.5. The van der Waals surface area contributed by atoms with Crippen LogP contribution in [-0.4, -0.2) is 10.9 Å². The molecule has 0 aliphatic carbocycles. The molecular formula is C19H16O2S3. The molecular weight excluding hydrogens is 356 g/mol. The third-order valence-electron chi connectivity index (χ3n) is 3.24. The first kappa shape index (κ1) is 17.3. The Morgan fingerprint density at radius 2 is 1.83 bits per heavy atom. The van der Waals surface area contributed by atoms with Gasteiger partial charge < -0.3 is 4.74 Å². The molecule has 2 nitrogen and oxygen atoms in total. The van der Waals surface area contributed by atoms with Crippen LogP contribution in [0.1, 0.15) is 10.1 Å². The van der Waals surface area contributed by atoms with Crippen molar-refractivity contribution in [3.8, 4) is 11.5 Å². The van der Waals surface area contributed by atoms with E-state index < -0.39 is 0 Å². The van der Waals surface area contributed by atoms with Crippen molar-refractivity contribution in [1.82, 2.24) is 0 Å². The Bertz CT molecular complexity index is 739. The second-order valence-corrected chi connectivity index (χ2v) is 8.45. The molecule has 0 aromatic heterocycles. The largest absolute Gasteiger partial charge is 0.457 e. The minimum absolute atomic E-state index is 0.0207. The van der Waals surface area contributed by atoms with Crippen LogP contribution in [0.2, 0.25) is 0 Å². The summed E-state index contributed by atoms with van der Waals surface area (Å²) in [7, 11) is 0. The average Bonchev–Trinajstić information content (AvgIpc) is 3.10. The van der Waals surface area contributed by atoms with Crippen molar-refractivity contribution >= 4 is 40.4 Å². The van der Waals surface area contributed by atoms with Crippen LogP contribution in [0.25, 0.3) is 0 Å². The van der Waals surface area contributed by atoms with Crippen molar-refractivity contribution in [2.24, 2.45) is 0 Å². The first-order chi connectivity index (χ1) is 11.7. The maximum Gasteiger partial charge on any atom is 0.211 e. The van der Waals surface area contributed by atoms with Gasteiger partial charge in [-0.1, -0.05) is 48.7 Å². The standard InChI is InChI=1S/C19H16O2S3/c1-2-18(20)22-12-17-13-23-19(24-17)14-8-10-16(11-9-14)21-15-6-4-3-5-7-15/h2-11,13,19H,1,12H2. The lowest BCUT2D eigenvalue weighted by molar-refractivity contribution is -0.107. The summed E-state index contributed by atoms with van der Waals surface area (Å²) in [6, 6.07) is 18.0. The van der Waals surface area contributed by atoms with Crippen molar-refractivity contribution in [3.63, 3.8) is 0 Å². The van der Waals surface area contributed by atoms with Crippen molar-refractivity contribution < 1.29 is 9.53 Å². The molecule has 1 aliphatic heterocycles. The van der Waals surface area contributed by atoms with Gasteiger partial charge in [0.25, 0.3) is 0 Å². The molecule has 1 atom stereocenters. The van der Waals surface area contributed by atoms with Gasteiger partial charge in [-0.3, -0.25) is 4.79 Å². The van der Waals surface area contributed by atoms with E-state index in [1.807, 2.05) is 42.5 Å². The molecule has 1 aliphatic rings. The van der Waals surface area contributed by atoms with Crippen LogP contribution >= 0.6 is 35.3 Å². The zero-order valence-electron chi connectivity index (χ0n) is 12.9. The lowest BCUT2D eigenvalue weighted by Gasteiger charge is -2.11. The SMILES string of the molecule is C=CC(=O)SCC1=CSC(c2ccc(Oc3ccccc3)cc2)S1. The van der Waals surface area contributed by atoms with Crippen LogP contribution in [0.5, 0.6) is 11.5 Å². The Labute approximate surface area is 154 Å².